The van der Waals surface area contributed by atoms with Crippen LogP contribution in [0.15, 0.2) is 36.7 Å². The SMILES string of the molecule is CCn1ncnc1CN1CCC(O)(c2ccccc2)C1. The Morgan fingerprint density at radius 3 is 2.85 bits per heavy atom. The van der Waals surface area contributed by atoms with Crippen LogP contribution in [0.1, 0.15) is 24.7 Å². The van der Waals surface area contributed by atoms with Gasteiger partial charge in [-0.15, -0.1) is 0 Å². The molecule has 2 heterocycles. The van der Waals surface area contributed by atoms with Crippen LogP contribution in [0.25, 0.3) is 0 Å². The molecule has 0 radical (unpaired) electrons. The monoisotopic (exact) mass is 272 g/mol. The van der Waals surface area contributed by atoms with E-state index in [0.29, 0.717) is 6.54 Å². The van der Waals surface area contributed by atoms with Gasteiger partial charge in [-0.2, -0.15) is 5.10 Å². The summed E-state index contributed by atoms with van der Waals surface area (Å²) in [5.41, 5.74) is 0.262. The van der Waals surface area contributed by atoms with Gasteiger partial charge in [0.15, 0.2) is 0 Å². The third kappa shape index (κ3) is 2.46. The van der Waals surface area contributed by atoms with Gasteiger partial charge in [0, 0.05) is 19.6 Å². The third-order valence-corrected chi connectivity index (χ3v) is 4.00. The first-order valence-corrected chi connectivity index (χ1v) is 7.08. The number of aryl methyl sites for hydroxylation is 1. The summed E-state index contributed by atoms with van der Waals surface area (Å²) in [6.45, 7) is 5.15. The first-order chi connectivity index (χ1) is 9.71. The molecule has 1 N–H and O–H groups in total. The van der Waals surface area contributed by atoms with Crippen molar-refractivity contribution in [1.82, 2.24) is 19.7 Å². The number of likely N-dealkylation sites (tertiary alicyclic amines) is 1. The Kier molecular flexibility index (Phi) is 3.54. The highest BCUT2D eigenvalue weighted by Crippen LogP contribution is 2.32. The van der Waals surface area contributed by atoms with Crippen molar-refractivity contribution in [3.8, 4) is 0 Å². The molecule has 0 aliphatic carbocycles. The highest BCUT2D eigenvalue weighted by atomic mass is 16.3. The lowest BCUT2D eigenvalue weighted by Gasteiger charge is -2.23. The Bertz CT molecular complexity index is 568. The molecule has 106 valence electrons. The number of aliphatic hydroxyl groups is 1. The number of hydrogen-bond donors (Lipinski definition) is 1. The molecule has 5 nitrogen and oxygen atoms in total. The molecule has 20 heavy (non-hydrogen) atoms. The summed E-state index contributed by atoms with van der Waals surface area (Å²) in [4.78, 5) is 6.54. The molecule has 1 aliphatic rings. The van der Waals surface area contributed by atoms with Crippen molar-refractivity contribution in [2.45, 2.75) is 32.0 Å². The molecule has 1 aliphatic heterocycles. The third-order valence-electron chi connectivity index (χ3n) is 4.00. The van der Waals surface area contributed by atoms with Crippen molar-refractivity contribution in [3.63, 3.8) is 0 Å². The number of β-amino-alcohol motifs (C(OH)–C–C–N with tert-alkyl or cyclic N) is 1. The van der Waals surface area contributed by atoms with E-state index >= 15 is 0 Å². The Morgan fingerprint density at radius 2 is 2.10 bits per heavy atom. The second-order valence-corrected chi connectivity index (χ2v) is 5.35. The molecule has 1 aromatic carbocycles. The van der Waals surface area contributed by atoms with Crippen LogP contribution in [0.4, 0.5) is 0 Å². The number of benzene rings is 1. The van der Waals surface area contributed by atoms with Crippen LogP contribution in [0.5, 0.6) is 0 Å². The standard InChI is InChI=1S/C15H20N4O/c1-2-19-14(16-12-17-19)10-18-9-8-15(20,11-18)13-6-4-3-5-7-13/h3-7,12,20H,2,8-11H2,1H3. The maximum Gasteiger partial charge on any atom is 0.140 e. The van der Waals surface area contributed by atoms with Crippen LogP contribution in [-0.4, -0.2) is 37.9 Å². The lowest BCUT2D eigenvalue weighted by atomic mass is 9.93. The van der Waals surface area contributed by atoms with Crippen molar-refractivity contribution in [2.24, 2.45) is 0 Å². The summed E-state index contributed by atoms with van der Waals surface area (Å²) in [5, 5.41) is 15.0. The van der Waals surface area contributed by atoms with Gasteiger partial charge >= 0.3 is 0 Å². The molecule has 1 aromatic heterocycles. The number of nitrogens with zero attached hydrogens (tertiary/aromatic N) is 4. The second kappa shape index (κ2) is 5.34. The summed E-state index contributed by atoms with van der Waals surface area (Å²) in [7, 11) is 0. The van der Waals surface area contributed by atoms with E-state index in [1.165, 1.54) is 0 Å². The summed E-state index contributed by atoms with van der Waals surface area (Å²) in [5.74, 6) is 0.963. The molecule has 1 fully saturated rings. The van der Waals surface area contributed by atoms with Crippen LogP contribution in [0.3, 0.4) is 0 Å². The van der Waals surface area contributed by atoms with E-state index in [2.05, 4.69) is 21.9 Å². The van der Waals surface area contributed by atoms with Crippen LogP contribution in [-0.2, 0) is 18.7 Å². The zero-order valence-corrected chi connectivity index (χ0v) is 11.7. The van der Waals surface area contributed by atoms with Crippen molar-refractivity contribution < 1.29 is 5.11 Å². The number of aromatic nitrogens is 3. The van der Waals surface area contributed by atoms with Gasteiger partial charge < -0.3 is 5.11 Å². The smallest absolute Gasteiger partial charge is 0.140 e. The van der Waals surface area contributed by atoms with Crippen molar-refractivity contribution >= 4 is 0 Å². The molecule has 1 unspecified atom stereocenters. The largest absolute Gasteiger partial charge is 0.384 e. The minimum atomic E-state index is -0.738. The summed E-state index contributed by atoms with van der Waals surface area (Å²) in [6.07, 6.45) is 2.36. The van der Waals surface area contributed by atoms with Gasteiger partial charge in [0.25, 0.3) is 0 Å². The molecule has 0 saturated carbocycles. The summed E-state index contributed by atoms with van der Waals surface area (Å²) in [6, 6.07) is 9.92. The van der Waals surface area contributed by atoms with Crippen LogP contribution in [0.2, 0.25) is 0 Å². The second-order valence-electron chi connectivity index (χ2n) is 5.35. The van der Waals surface area contributed by atoms with E-state index in [1.54, 1.807) is 6.33 Å². The number of rotatable bonds is 4. The highest BCUT2D eigenvalue weighted by Gasteiger charge is 2.37. The average Bonchev–Trinajstić information content (AvgIpc) is 3.08. The Balaban J connectivity index is 1.71. The van der Waals surface area contributed by atoms with E-state index in [-0.39, 0.29) is 0 Å². The lowest BCUT2D eigenvalue weighted by molar-refractivity contribution is 0.0448. The highest BCUT2D eigenvalue weighted by molar-refractivity contribution is 5.24. The molecule has 0 spiro atoms. The minimum absolute atomic E-state index is 0.646. The molecule has 3 rings (SSSR count). The molecular weight excluding hydrogens is 252 g/mol. The molecule has 1 saturated heterocycles. The van der Waals surface area contributed by atoms with E-state index in [4.69, 9.17) is 0 Å². The fraction of sp³-hybridized carbons (Fsp3) is 0.467. The maximum atomic E-state index is 10.8. The van der Waals surface area contributed by atoms with Gasteiger partial charge in [0.2, 0.25) is 0 Å². The molecule has 2 aromatic rings. The van der Waals surface area contributed by atoms with E-state index < -0.39 is 5.60 Å². The zero-order valence-electron chi connectivity index (χ0n) is 11.7. The van der Waals surface area contributed by atoms with Crippen molar-refractivity contribution in [1.29, 1.82) is 0 Å². The lowest BCUT2D eigenvalue weighted by Crippen LogP contribution is -2.31. The topological polar surface area (TPSA) is 54.2 Å². The average molecular weight is 272 g/mol. The Labute approximate surface area is 118 Å². The van der Waals surface area contributed by atoms with Gasteiger partial charge in [0.05, 0.1) is 6.54 Å². The van der Waals surface area contributed by atoms with Crippen molar-refractivity contribution in [3.05, 3.63) is 48.0 Å². The van der Waals surface area contributed by atoms with Gasteiger partial charge in [-0.25, -0.2) is 9.67 Å². The summed E-state index contributed by atoms with van der Waals surface area (Å²) < 4.78 is 1.90. The van der Waals surface area contributed by atoms with Crippen LogP contribution < -0.4 is 0 Å². The van der Waals surface area contributed by atoms with Gasteiger partial charge in [0.1, 0.15) is 17.8 Å². The van der Waals surface area contributed by atoms with Gasteiger partial charge in [-0.1, -0.05) is 30.3 Å². The maximum absolute atomic E-state index is 10.8. The molecular formula is C15H20N4O. The molecule has 0 bridgehead atoms. The zero-order chi connectivity index (χ0) is 14.0. The van der Waals surface area contributed by atoms with E-state index in [9.17, 15) is 5.11 Å². The quantitative estimate of drug-likeness (QED) is 0.914. The Morgan fingerprint density at radius 1 is 1.30 bits per heavy atom. The Hall–Kier alpha value is -1.72. The molecule has 5 heteroatoms. The van der Waals surface area contributed by atoms with Crippen LogP contribution in [0, 0.1) is 0 Å². The predicted molar refractivity (Wildman–Crippen MR) is 75.9 cm³/mol. The van der Waals surface area contributed by atoms with Crippen molar-refractivity contribution in [2.75, 3.05) is 13.1 Å². The van der Waals surface area contributed by atoms with E-state index in [1.807, 2.05) is 35.0 Å². The van der Waals surface area contributed by atoms with Gasteiger partial charge in [-0.05, 0) is 18.9 Å². The van der Waals surface area contributed by atoms with Crippen LogP contribution >= 0.6 is 0 Å². The normalized spacial score (nSPS) is 23.3. The predicted octanol–water partition coefficient (Wildman–Crippen LogP) is 1.39. The molecule has 0 amide bonds. The molecule has 1 atom stereocenters. The first kappa shape index (κ1) is 13.3. The first-order valence-electron chi connectivity index (χ1n) is 7.08. The number of hydrogen-bond acceptors (Lipinski definition) is 4. The summed E-state index contributed by atoms with van der Waals surface area (Å²) >= 11 is 0. The fourth-order valence-corrected chi connectivity index (χ4v) is 2.86. The van der Waals surface area contributed by atoms with Gasteiger partial charge in [-0.3, -0.25) is 4.90 Å². The fourth-order valence-electron chi connectivity index (χ4n) is 2.86. The van der Waals surface area contributed by atoms with E-state index in [0.717, 1.165) is 37.4 Å². The minimum Gasteiger partial charge on any atom is -0.384 e.